The fraction of sp³-hybridized carbons (Fsp3) is 0.500. The van der Waals surface area contributed by atoms with Crippen LogP contribution in [-0.2, 0) is 6.54 Å². The van der Waals surface area contributed by atoms with Gasteiger partial charge in [-0.25, -0.2) is 0 Å². The van der Waals surface area contributed by atoms with Crippen LogP contribution < -0.4 is 5.32 Å². The second-order valence-corrected chi connectivity index (χ2v) is 6.28. The van der Waals surface area contributed by atoms with Gasteiger partial charge in [0, 0.05) is 35.2 Å². The number of halogens is 1. The lowest BCUT2D eigenvalue weighted by Gasteiger charge is -2.20. The van der Waals surface area contributed by atoms with Crippen molar-refractivity contribution in [2.24, 2.45) is 0 Å². The molecule has 106 valence electrons. The van der Waals surface area contributed by atoms with Crippen LogP contribution in [0.25, 0.3) is 10.9 Å². The number of nitrogens with one attached hydrogen (secondary N) is 1. The van der Waals surface area contributed by atoms with Crippen LogP contribution in [0.2, 0.25) is 0 Å². The first-order valence-corrected chi connectivity index (χ1v) is 6.72. The summed E-state index contributed by atoms with van der Waals surface area (Å²) in [5.41, 5.74) is 2.87. The molecule has 0 saturated carbocycles. The van der Waals surface area contributed by atoms with Crippen LogP contribution in [0.5, 0.6) is 0 Å². The molecule has 19 heavy (non-hydrogen) atoms. The average molecular weight is 281 g/mol. The van der Waals surface area contributed by atoms with Gasteiger partial charge in [0.15, 0.2) is 0 Å². The second kappa shape index (κ2) is 5.98. The van der Waals surface area contributed by atoms with E-state index in [4.69, 9.17) is 0 Å². The zero-order chi connectivity index (χ0) is 13.3. The Balaban J connectivity index is 0.00000180. The molecule has 2 aromatic rings. The highest BCUT2D eigenvalue weighted by molar-refractivity contribution is 5.85. The first-order valence-electron chi connectivity index (χ1n) is 6.72. The fourth-order valence-corrected chi connectivity index (χ4v) is 2.21. The van der Waals surface area contributed by atoms with Gasteiger partial charge >= 0.3 is 0 Å². The van der Waals surface area contributed by atoms with Crippen molar-refractivity contribution in [1.29, 1.82) is 0 Å². The van der Waals surface area contributed by atoms with Crippen LogP contribution in [0.4, 0.5) is 0 Å². The van der Waals surface area contributed by atoms with E-state index in [1.165, 1.54) is 16.5 Å². The summed E-state index contributed by atoms with van der Waals surface area (Å²) in [4.78, 5) is 0. The number of hydrogen-bond donors (Lipinski definition) is 1. The van der Waals surface area contributed by atoms with Gasteiger partial charge in [-0.2, -0.15) is 0 Å². The van der Waals surface area contributed by atoms with Crippen molar-refractivity contribution in [3.05, 3.63) is 36.0 Å². The van der Waals surface area contributed by atoms with E-state index in [1.54, 1.807) is 0 Å². The average Bonchev–Trinajstić information content (AvgIpc) is 2.64. The van der Waals surface area contributed by atoms with Crippen LogP contribution in [0, 0.1) is 0 Å². The number of rotatable bonds is 3. The van der Waals surface area contributed by atoms with Crippen LogP contribution in [0.1, 0.15) is 46.2 Å². The van der Waals surface area contributed by atoms with Crippen molar-refractivity contribution in [3.63, 3.8) is 0 Å². The maximum absolute atomic E-state index is 3.57. The summed E-state index contributed by atoms with van der Waals surface area (Å²) < 4.78 is 2.36. The lowest BCUT2D eigenvalue weighted by Crippen LogP contribution is -2.34. The number of hydrogen-bond acceptors (Lipinski definition) is 1. The summed E-state index contributed by atoms with van der Waals surface area (Å²) in [5.74, 6) is 0. The van der Waals surface area contributed by atoms with Gasteiger partial charge in [-0.1, -0.05) is 18.2 Å². The van der Waals surface area contributed by atoms with E-state index >= 15 is 0 Å². The molecule has 1 heterocycles. The first-order chi connectivity index (χ1) is 8.38. The molecule has 0 atom stereocenters. The molecule has 2 nitrogen and oxygen atoms in total. The summed E-state index contributed by atoms with van der Waals surface area (Å²) in [6.45, 7) is 12.0. The minimum absolute atomic E-state index is 0. The van der Waals surface area contributed by atoms with Crippen molar-refractivity contribution < 1.29 is 0 Å². The minimum atomic E-state index is 0. The third kappa shape index (κ3) is 3.74. The molecule has 2 rings (SSSR count). The smallest absolute Gasteiger partial charge is 0.0486 e. The maximum Gasteiger partial charge on any atom is 0.0486 e. The summed E-state index contributed by atoms with van der Waals surface area (Å²) in [7, 11) is 0. The number of nitrogens with zero attached hydrogens (tertiary/aromatic N) is 1. The molecule has 0 aliphatic rings. The highest BCUT2D eigenvalue weighted by Crippen LogP contribution is 2.24. The van der Waals surface area contributed by atoms with Crippen molar-refractivity contribution in [2.45, 2.75) is 52.7 Å². The molecule has 1 aromatic carbocycles. The Morgan fingerprint density at radius 3 is 2.37 bits per heavy atom. The van der Waals surface area contributed by atoms with Crippen LogP contribution >= 0.6 is 12.4 Å². The first kappa shape index (κ1) is 16.1. The monoisotopic (exact) mass is 280 g/mol. The number of aromatic nitrogens is 1. The van der Waals surface area contributed by atoms with Gasteiger partial charge < -0.3 is 9.88 Å². The topological polar surface area (TPSA) is 17.0 Å². The molecule has 0 bridgehead atoms. The highest BCUT2D eigenvalue weighted by atomic mass is 35.5. The van der Waals surface area contributed by atoms with Gasteiger partial charge in [-0.05, 0) is 46.2 Å². The Bertz CT molecular complexity index is 535. The molecule has 3 heteroatoms. The van der Waals surface area contributed by atoms with E-state index in [0.29, 0.717) is 6.04 Å². The second-order valence-electron chi connectivity index (χ2n) is 6.28. The lowest BCUT2D eigenvalue weighted by atomic mass is 10.1. The van der Waals surface area contributed by atoms with E-state index in [0.717, 1.165) is 6.54 Å². The van der Waals surface area contributed by atoms with Crippen LogP contribution in [0.15, 0.2) is 30.5 Å². The van der Waals surface area contributed by atoms with Crippen molar-refractivity contribution >= 4 is 23.3 Å². The van der Waals surface area contributed by atoms with E-state index in [-0.39, 0.29) is 17.9 Å². The van der Waals surface area contributed by atoms with Gasteiger partial charge in [0.1, 0.15) is 0 Å². The number of fused-ring (bicyclic) bond motifs is 1. The van der Waals surface area contributed by atoms with E-state index < -0.39 is 0 Å². The molecule has 0 radical (unpaired) electrons. The molecule has 1 aromatic heterocycles. The maximum atomic E-state index is 3.57. The third-order valence-electron chi connectivity index (χ3n) is 3.19. The Morgan fingerprint density at radius 1 is 1.16 bits per heavy atom. The molecular formula is C16H25ClN2. The normalized spacial score (nSPS) is 11.9. The summed E-state index contributed by atoms with van der Waals surface area (Å²) in [5, 5.41) is 4.93. The van der Waals surface area contributed by atoms with Gasteiger partial charge in [0.2, 0.25) is 0 Å². The minimum Gasteiger partial charge on any atom is -0.345 e. The zero-order valence-corrected chi connectivity index (χ0v) is 13.3. The van der Waals surface area contributed by atoms with E-state index in [9.17, 15) is 0 Å². The molecule has 0 aliphatic heterocycles. The predicted molar refractivity (Wildman–Crippen MR) is 86.2 cm³/mol. The SMILES string of the molecule is CC(C)n1cc(CNC(C)(C)C)c2ccccc21.Cl. The summed E-state index contributed by atoms with van der Waals surface area (Å²) >= 11 is 0. The van der Waals surface area contributed by atoms with E-state index in [2.05, 4.69) is 75.0 Å². The molecule has 0 spiro atoms. The van der Waals surface area contributed by atoms with Crippen molar-refractivity contribution in [2.75, 3.05) is 0 Å². The van der Waals surface area contributed by atoms with Gasteiger partial charge in [-0.15, -0.1) is 12.4 Å². The quantitative estimate of drug-likeness (QED) is 0.874. The van der Waals surface area contributed by atoms with Gasteiger partial charge in [0.25, 0.3) is 0 Å². The van der Waals surface area contributed by atoms with Crippen LogP contribution in [-0.4, -0.2) is 10.1 Å². The Hall–Kier alpha value is -0.990. The molecule has 0 amide bonds. The Kier molecular flexibility index (Phi) is 5.05. The van der Waals surface area contributed by atoms with Crippen LogP contribution in [0.3, 0.4) is 0 Å². The lowest BCUT2D eigenvalue weighted by molar-refractivity contribution is 0.424. The largest absolute Gasteiger partial charge is 0.345 e. The molecule has 0 fully saturated rings. The number of para-hydroxylation sites is 1. The molecule has 0 saturated heterocycles. The molecule has 1 N–H and O–H groups in total. The molecular weight excluding hydrogens is 256 g/mol. The van der Waals surface area contributed by atoms with Crippen molar-refractivity contribution in [1.82, 2.24) is 9.88 Å². The number of benzene rings is 1. The van der Waals surface area contributed by atoms with E-state index in [1.807, 2.05) is 0 Å². The molecule has 0 unspecified atom stereocenters. The highest BCUT2D eigenvalue weighted by Gasteiger charge is 2.13. The molecule has 0 aliphatic carbocycles. The van der Waals surface area contributed by atoms with Gasteiger partial charge in [0.05, 0.1) is 0 Å². The zero-order valence-electron chi connectivity index (χ0n) is 12.5. The summed E-state index contributed by atoms with van der Waals surface area (Å²) in [6.07, 6.45) is 2.29. The predicted octanol–water partition coefficient (Wildman–Crippen LogP) is 4.53. The van der Waals surface area contributed by atoms with Crippen molar-refractivity contribution in [3.8, 4) is 0 Å². The fourth-order valence-electron chi connectivity index (χ4n) is 2.21. The summed E-state index contributed by atoms with van der Waals surface area (Å²) in [6, 6.07) is 9.15. The Labute approximate surface area is 122 Å². The van der Waals surface area contributed by atoms with Gasteiger partial charge in [-0.3, -0.25) is 0 Å². The third-order valence-corrected chi connectivity index (χ3v) is 3.19. The standard InChI is InChI=1S/C16H24N2.ClH/c1-12(2)18-11-13(10-17-16(3,4)5)14-8-6-7-9-15(14)18;/h6-9,11-12,17H,10H2,1-5H3;1H. The Morgan fingerprint density at radius 2 is 1.79 bits per heavy atom.